The fourth-order valence-electron chi connectivity index (χ4n) is 3.42. The number of rotatable bonds is 9. The van der Waals surface area contributed by atoms with Crippen LogP contribution in [0.15, 0.2) is 75.4 Å². The summed E-state index contributed by atoms with van der Waals surface area (Å²) in [6.45, 7) is 1.93. The first kappa shape index (κ1) is 24.7. The van der Waals surface area contributed by atoms with Gasteiger partial charge in [-0.05, 0) is 31.2 Å². The van der Waals surface area contributed by atoms with Gasteiger partial charge in [0, 0.05) is 23.9 Å². The van der Waals surface area contributed by atoms with E-state index in [0.29, 0.717) is 22.4 Å². The van der Waals surface area contributed by atoms with Gasteiger partial charge in [0.1, 0.15) is 5.82 Å². The van der Waals surface area contributed by atoms with E-state index in [-0.39, 0.29) is 30.3 Å². The van der Waals surface area contributed by atoms with E-state index >= 15 is 0 Å². The summed E-state index contributed by atoms with van der Waals surface area (Å²) in [5.41, 5.74) is 0.606. The minimum atomic E-state index is -0.613. The number of carbonyl (C=O) groups excluding carboxylic acids is 2. The zero-order valence-electron chi connectivity index (χ0n) is 19.2. The van der Waals surface area contributed by atoms with Gasteiger partial charge in [-0.2, -0.15) is 0 Å². The number of amides is 1. The summed E-state index contributed by atoms with van der Waals surface area (Å²) in [7, 11) is 0. The van der Waals surface area contributed by atoms with Crippen molar-refractivity contribution in [1.82, 2.24) is 24.7 Å². The van der Waals surface area contributed by atoms with Crippen molar-refractivity contribution in [2.45, 2.75) is 18.5 Å². The second-order valence-electron chi connectivity index (χ2n) is 7.46. The molecular formula is C24H22N6O5S. The molecule has 0 radical (unpaired) electrons. The van der Waals surface area contributed by atoms with E-state index in [0.717, 1.165) is 17.4 Å². The minimum absolute atomic E-state index is 0.00996. The molecule has 0 spiro atoms. The number of nitrogens with one attached hydrogen (secondary N) is 3. The van der Waals surface area contributed by atoms with E-state index in [9.17, 15) is 19.2 Å². The Morgan fingerprint density at radius 2 is 1.78 bits per heavy atom. The van der Waals surface area contributed by atoms with Crippen LogP contribution in [0.5, 0.6) is 0 Å². The molecule has 0 saturated carbocycles. The van der Waals surface area contributed by atoms with Gasteiger partial charge in [0.15, 0.2) is 5.16 Å². The first-order chi connectivity index (χ1) is 17.4. The topological polar surface area (TPSA) is 152 Å². The summed E-state index contributed by atoms with van der Waals surface area (Å²) in [4.78, 5) is 53.0. The third-order valence-corrected chi connectivity index (χ3v) is 5.84. The highest BCUT2D eigenvalue weighted by molar-refractivity contribution is 7.99. The standard InChI is InChI=1S/C24H22N6O5S/c1-2-35-22(33)17-10-6-7-11-18(17)26-21(32)14-36-24-29-28-19(30(24)16-8-4-3-5-9-16)12-15-13-20(31)27-23(34)25-15/h3-11,13H,2,12,14H2,1H3,(H,26,32)(H2,25,27,31,34). The van der Waals surface area contributed by atoms with Gasteiger partial charge in [-0.3, -0.25) is 19.1 Å². The lowest BCUT2D eigenvalue weighted by atomic mass is 10.2. The number of H-pyrrole nitrogens is 2. The lowest BCUT2D eigenvalue weighted by molar-refractivity contribution is -0.113. The Balaban J connectivity index is 1.55. The third kappa shape index (κ3) is 5.96. The SMILES string of the molecule is CCOC(=O)c1ccccc1NC(=O)CSc1nnc(Cc2cc(=O)[nH]c(=O)[nH]2)n1-c1ccccc1. The number of aromatic amines is 2. The van der Waals surface area contributed by atoms with Crippen molar-refractivity contribution in [3.63, 3.8) is 0 Å². The Morgan fingerprint density at radius 1 is 1.03 bits per heavy atom. The van der Waals surface area contributed by atoms with Crippen molar-refractivity contribution < 1.29 is 14.3 Å². The summed E-state index contributed by atoms with van der Waals surface area (Å²) in [5, 5.41) is 11.6. The Bertz CT molecular complexity index is 1470. The molecule has 0 aliphatic heterocycles. The second kappa shape index (κ2) is 11.3. The first-order valence-corrected chi connectivity index (χ1v) is 11.9. The van der Waals surface area contributed by atoms with E-state index in [1.54, 1.807) is 35.8 Å². The quantitative estimate of drug-likeness (QED) is 0.231. The van der Waals surface area contributed by atoms with E-state index in [1.165, 1.54) is 6.07 Å². The molecule has 4 rings (SSSR count). The molecule has 2 heterocycles. The number of aromatic nitrogens is 5. The number of hydrogen-bond donors (Lipinski definition) is 3. The Labute approximate surface area is 208 Å². The van der Waals surface area contributed by atoms with Crippen LogP contribution in [0.1, 0.15) is 28.8 Å². The van der Waals surface area contributed by atoms with Crippen LogP contribution in [0.2, 0.25) is 0 Å². The summed E-state index contributed by atoms with van der Waals surface area (Å²) in [6.07, 6.45) is 0.140. The van der Waals surface area contributed by atoms with Crippen LogP contribution in [-0.4, -0.2) is 49.0 Å². The predicted octanol–water partition coefficient (Wildman–Crippen LogP) is 2.14. The van der Waals surface area contributed by atoms with Crippen molar-refractivity contribution in [2.24, 2.45) is 0 Å². The predicted molar refractivity (Wildman–Crippen MR) is 134 cm³/mol. The van der Waals surface area contributed by atoms with Gasteiger partial charge in [-0.25, -0.2) is 9.59 Å². The maximum atomic E-state index is 12.7. The van der Waals surface area contributed by atoms with Gasteiger partial charge in [-0.15, -0.1) is 10.2 Å². The summed E-state index contributed by atoms with van der Waals surface area (Å²) in [5.74, 6) is -0.408. The number of carbonyl (C=O) groups is 2. The number of ether oxygens (including phenoxy) is 1. The number of hydrogen-bond acceptors (Lipinski definition) is 8. The largest absolute Gasteiger partial charge is 0.462 e. The van der Waals surface area contributed by atoms with E-state index in [4.69, 9.17) is 4.74 Å². The maximum Gasteiger partial charge on any atom is 0.340 e. The minimum Gasteiger partial charge on any atom is -0.462 e. The first-order valence-electron chi connectivity index (χ1n) is 11.0. The van der Waals surface area contributed by atoms with Crippen molar-refractivity contribution >= 4 is 29.3 Å². The van der Waals surface area contributed by atoms with E-state index in [2.05, 4.69) is 25.5 Å². The Morgan fingerprint density at radius 3 is 2.53 bits per heavy atom. The van der Waals surface area contributed by atoms with Crippen molar-refractivity contribution in [3.8, 4) is 5.69 Å². The highest BCUT2D eigenvalue weighted by Gasteiger charge is 2.18. The molecule has 0 atom stereocenters. The molecule has 184 valence electrons. The van der Waals surface area contributed by atoms with Gasteiger partial charge in [-0.1, -0.05) is 42.1 Å². The monoisotopic (exact) mass is 506 g/mol. The molecule has 1 amide bonds. The fourth-order valence-corrected chi connectivity index (χ4v) is 4.20. The van der Waals surface area contributed by atoms with Gasteiger partial charge in [0.05, 0.1) is 23.6 Å². The molecule has 0 aliphatic carbocycles. The maximum absolute atomic E-state index is 12.7. The van der Waals surface area contributed by atoms with Gasteiger partial charge >= 0.3 is 11.7 Å². The molecule has 2 aromatic carbocycles. The van der Waals surface area contributed by atoms with Crippen molar-refractivity contribution in [3.05, 3.63) is 98.6 Å². The average molecular weight is 507 g/mol. The molecular weight excluding hydrogens is 484 g/mol. The van der Waals surface area contributed by atoms with Crippen molar-refractivity contribution in [2.75, 3.05) is 17.7 Å². The van der Waals surface area contributed by atoms with Crippen LogP contribution >= 0.6 is 11.8 Å². The molecule has 2 aromatic heterocycles. The fraction of sp³-hybridized carbons (Fsp3) is 0.167. The highest BCUT2D eigenvalue weighted by Crippen LogP contribution is 2.24. The smallest absolute Gasteiger partial charge is 0.340 e. The van der Waals surface area contributed by atoms with Crippen molar-refractivity contribution in [1.29, 1.82) is 0 Å². The van der Waals surface area contributed by atoms with Crippen LogP contribution in [0.4, 0.5) is 5.69 Å². The molecule has 0 bridgehead atoms. The number of anilines is 1. The lowest BCUT2D eigenvalue weighted by Gasteiger charge is -2.11. The molecule has 36 heavy (non-hydrogen) atoms. The summed E-state index contributed by atoms with van der Waals surface area (Å²) < 4.78 is 6.80. The molecule has 4 aromatic rings. The molecule has 11 nitrogen and oxygen atoms in total. The van der Waals surface area contributed by atoms with Crippen LogP contribution < -0.4 is 16.6 Å². The van der Waals surface area contributed by atoms with Crippen LogP contribution in [0.25, 0.3) is 5.69 Å². The van der Waals surface area contributed by atoms with Gasteiger partial charge < -0.3 is 15.0 Å². The summed E-state index contributed by atoms with van der Waals surface area (Å²) in [6, 6.07) is 17.2. The van der Waals surface area contributed by atoms with E-state index in [1.807, 2.05) is 30.3 Å². The number of esters is 1. The van der Waals surface area contributed by atoms with E-state index < -0.39 is 17.2 Å². The molecule has 12 heteroatoms. The number of para-hydroxylation sites is 2. The molecule has 0 unspecified atom stereocenters. The third-order valence-electron chi connectivity index (χ3n) is 4.91. The summed E-state index contributed by atoms with van der Waals surface area (Å²) >= 11 is 1.15. The van der Waals surface area contributed by atoms with Crippen LogP contribution in [0.3, 0.4) is 0 Å². The molecule has 0 fully saturated rings. The highest BCUT2D eigenvalue weighted by atomic mass is 32.2. The Hall–Kier alpha value is -4.45. The Kier molecular flexibility index (Phi) is 7.75. The van der Waals surface area contributed by atoms with Gasteiger partial charge in [0.2, 0.25) is 5.91 Å². The van der Waals surface area contributed by atoms with Crippen LogP contribution in [-0.2, 0) is 16.0 Å². The second-order valence-corrected chi connectivity index (χ2v) is 8.40. The number of thioether (sulfide) groups is 1. The number of benzene rings is 2. The van der Waals surface area contributed by atoms with Crippen LogP contribution in [0, 0.1) is 0 Å². The molecule has 0 aliphatic rings. The lowest BCUT2D eigenvalue weighted by Crippen LogP contribution is -2.23. The zero-order valence-corrected chi connectivity index (χ0v) is 20.0. The van der Waals surface area contributed by atoms with Gasteiger partial charge in [0.25, 0.3) is 5.56 Å². The average Bonchev–Trinajstić information content (AvgIpc) is 3.25. The normalized spacial score (nSPS) is 10.7. The molecule has 3 N–H and O–H groups in total. The molecule has 0 saturated heterocycles. The number of nitrogens with zero attached hydrogens (tertiary/aromatic N) is 3. The zero-order chi connectivity index (χ0) is 25.5.